The summed E-state index contributed by atoms with van der Waals surface area (Å²) in [6.07, 6.45) is 4.11. The fourth-order valence-electron chi connectivity index (χ4n) is 3.60. The number of esters is 1. The number of carbonyl (C=O) groups excluding carboxylic acids is 2. The summed E-state index contributed by atoms with van der Waals surface area (Å²) in [5, 5.41) is 3.23. The summed E-state index contributed by atoms with van der Waals surface area (Å²) >= 11 is 5.97. The summed E-state index contributed by atoms with van der Waals surface area (Å²) in [6, 6.07) is 10.00. The van der Waals surface area contributed by atoms with Crippen molar-refractivity contribution in [1.82, 2.24) is 5.32 Å². The zero-order valence-corrected chi connectivity index (χ0v) is 20.0. The second-order valence-electron chi connectivity index (χ2n) is 7.87. The van der Waals surface area contributed by atoms with Gasteiger partial charge in [0.15, 0.2) is 6.10 Å². The van der Waals surface area contributed by atoms with Gasteiger partial charge in [0.1, 0.15) is 5.75 Å². The maximum absolute atomic E-state index is 12.9. The first kappa shape index (κ1) is 24.9. The third kappa shape index (κ3) is 6.61. The van der Waals surface area contributed by atoms with E-state index in [0.29, 0.717) is 5.02 Å². The maximum atomic E-state index is 12.9. The predicted octanol–water partition coefficient (Wildman–Crippen LogP) is 4.14. The molecule has 1 saturated carbocycles. The number of benzene rings is 2. The summed E-state index contributed by atoms with van der Waals surface area (Å²) in [5.74, 6) is -0.872. The van der Waals surface area contributed by atoms with Crippen LogP contribution < -0.4 is 14.8 Å². The monoisotopic (exact) mass is 494 g/mol. The lowest BCUT2D eigenvalue weighted by atomic mass is 9.95. The molecule has 1 unspecified atom stereocenters. The second-order valence-corrected chi connectivity index (χ2v) is 9.99. The number of anilines is 1. The molecule has 0 aromatic heterocycles. The zero-order chi connectivity index (χ0) is 24.0. The Hall–Kier alpha value is -2.78. The van der Waals surface area contributed by atoms with Gasteiger partial charge in [-0.3, -0.25) is 9.52 Å². The third-order valence-corrected chi connectivity index (χ3v) is 6.99. The van der Waals surface area contributed by atoms with Crippen molar-refractivity contribution < 1.29 is 27.5 Å². The molecular formula is C23H27ClN2O6S. The van der Waals surface area contributed by atoms with Crippen LogP contribution in [0.15, 0.2) is 47.4 Å². The topological polar surface area (TPSA) is 111 Å². The van der Waals surface area contributed by atoms with Gasteiger partial charge in [0.25, 0.3) is 15.9 Å². The summed E-state index contributed by atoms with van der Waals surface area (Å²) < 4.78 is 38.6. The molecule has 2 aromatic rings. The van der Waals surface area contributed by atoms with Gasteiger partial charge in [0.2, 0.25) is 0 Å². The quantitative estimate of drug-likeness (QED) is 0.533. The molecule has 178 valence electrons. The Bertz CT molecular complexity index is 1120. The minimum absolute atomic E-state index is 0.00764. The molecule has 3 rings (SSSR count). The molecule has 0 radical (unpaired) electrons. The summed E-state index contributed by atoms with van der Waals surface area (Å²) in [4.78, 5) is 24.8. The summed E-state index contributed by atoms with van der Waals surface area (Å²) in [5.41, 5.74) is 0.166. The van der Waals surface area contributed by atoms with E-state index >= 15 is 0 Å². The molecule has 33 heavy (non-hydrogen) atoms. The van der Waals surface area contributed by atoms with E-state index < -0.39 is 22.1 Å². The van der Waals surface area contributed by atoms with Crippen LogP contribution in [0.4, 0.5) is 5.69 Å². The molecule has 1 amide bonds. The molecule has 1 aliphatic rings. The molecule has 1 fully saturated rings. The van der Waals surface area contributed by atoms with E-state index in [0.717, 1.165) is 32.1 Å². The number of hydrogen-bond acceptors (Lipinski definition) is 6. The molecule has 0 bridgehead atoms. The van der Waals surface area contributed by atoms with E-state index in [4.69, 9.17) is 21.1 Å². The Morgan fingerprint density at radius 3 is 2.52 bits per heavy atom. The van der Waals surface area contributed by atoms with Gasteiger partial charge in [0.05, 0.1) is 23.3 Å². The van der Waals surface area contributed by atoms with Gasteiger partial charge in [-0.05, 0) is 56.2 Å². The van der Waals surface area contributed by atoms with Gasteiger partial charge in [-0.2, -0.15) is 0 Å². The second kappa shape index (κ2) is 10.9. The smallest absolute Gasteiger partial charge is 0.338 e. The van der Waals surface area contributed by atoms with E-state index in [9.17, 15) is 18.0 Å². The number of methoxy groups -OCH3 is 1. The average Bonchev–Trinajstić information content (AvgIpc) is 2.79. The molecular weight excluding hydrogens is 468 g/mol. The van der Waals surface area contributed by atoms with E-state index in [1.54, 1.807) is 6.07 Å². The predicted molar refractivity (Wildman–Crippen MR) is 125 cm³/mol. The van der Waals surface area contributed by atoms with Gasteiger partial charge >= 0.3 is 5.97 Å². The Kier molecular flexibility index (Phi) is 8.20. The maximum Gasteiger partial charge on any atom is 0.338 e. The van der Waals surface area contributed by atoms with Crippen LogP contribution in [0.25, 0.3) is 0 Å². The van der Waals surface area contributed by atoms with Crippen LogP contribution in [0.1, 0.15) is 49.4 Å². The van der Waals surface area contributed by atoms with Crippen molar-refractivity contribution in [2.45, 2.75) is 56.1 Å². The molecule has 0 spiro atoms. The number of carbonyl (C=O) groups is 2. The molecule has 0 heterocycles. The van der Waals surface area contributed by atoms with E-state index in [2.05, 4.69) is 10.0 Å². The van der Waals surface area contributed by atoms with E-state index in [-0.39, 0.29) is 33.8 Å². The zero-order valence-electron chi connectivity index (χ0n) is 18.5. The largest absolute Gasteiger partial charge is 0.495 e. The van der Waals surface area contributed by atoms with Crippen LogP contribution in [0.5, 0.6) is 5.75 Å². The van der Waals surface area contributed by atoms with Crippen molar-refractivity contribution in [3.05, 3.63) is 53.1 Å². The molecule has 2 aromatic carbocycles. The number of nitrogens with one attached hydrogen (secondary N) is 2. The van der Waals surface area contributed by atoms with Gasteiger partial charge < -0.3 is 14.8 Å². The van der Waals surface area contributed by atoms with Gasteiger partial charge in [0, 0.05) is 11.1 Å². The highest BCUT2D eigenvalue weighted by Gasteiger charge is 2.24. The van der Waals surface area contributed by atoms with Gasteiger partial charge in [-0.15, -0.1) is 0 Å². The van der Waals surface area contributed by atoms with Crippen molar-refractivity contribution >= 4 is 39.2 Å². The van der Waals surface area contributed by atoms with Crippen LogP contribution >= 0.6 is 11.6 Å². The first-order chi connectivity index (χ1) is 15.7. The molecule has 10 heteroatoms. The van der Waals surface area contributed by atoms with Crippen LogP contribution in [-0.2, 0) is 19.6 Å². The normalized spacial score (nSPS) is 15.4. The third-order valence-electron chi connectivity index (χ3n) is 5.39. The van der Waals surface area contributed by atoms with E-state index in [1.165, 1.54) is 50.4 Å². The molecule has 1 aliphatic carbocycles. The standard InChI is InChI=1S/C23H27ClN2O6S/c1-15(22(27)25-18-8-4-3-5-9-18)32-23(28)16-7-6-10-19(13-16)33(29,30)26-20-14-17(24)11-12-21(20)31-2/h6-7,10-15,18,26H,3-5,8-9H2,1-2H3,(H,25,27). The van der Waals surface area contributed by atoms with Crippen molar-refractivity contribution in [3.8, 4) is 5.75 Å². The molecule has 1 atom stereocenters. The first-order valence-corrected chi connectivity index (χ1v) is 12.5. The van der Waals surface area contributed by atoms with Crippen molar-refractivity contribution in [2.75, 3.05) is 11.8 Å². The average molecular weight is 495 g/mol. The number of hydrogen-bond donors (Lipinski definition) is 2. The minimum atomic E-state index is -4.06. The summed E-state index contributed by atoms with van der Waals surface area (Å²) in [6.45, 7) is 1.49. The lowest BCUT2D eigenvalue weighted by Gasteiger charge is -2.24. The van der Waals surface area contributed by atoms with E-state index in [1.807, 2.05) is 0 Å². The number of ether oxygens (including phenoxy) is 2. The Morgan fingerprint density at radius 1 is 1.09 bits per heavy atom. The number of rotatable bonds is 8. The number of halogens is 1. The number of sulfonamides is 1. The SMILES string of the molecule is COc1ccc(Cl)cc1NS(=O)(=O)c1cccc(C(=O)OC(C)C(=O)NC2CCCCC2)c1. The fraction of sp³-hybridized carbons (Fsp3) is 0.391. The highest BCUT2D eigenvalue weighted by atomic mass is 35.5. The molecule has 0 saturated heterocycles. The Labute approximate surface area is 198 Å². The van der Waals surface area contributed by atoms with Gasteiger partial charge in [-0.25, -0.2) is 13.2 Å². The van der Waals surface area contributed by atoms with Gasteiger partial charge in [-0.1, -0.05) is 36.9 Å². The fourth-order valence-corrected chi connectivity index (χ4v) is 4.88. The lowest BCUT2D eigenvalue weighted by Crippen LogP contribution is -2.42. The Morgan fingerprint density at radius 2 is 1.82 bits per heavy atom. The highest BCUT2D eigenvalue weighted by molar-refractivity contribution is 7.92. The van der Waals surface area contributed by atoms with Crippen LogP contribution in [0.3, 0.4) is 0 Å². The van der Waals surface area contributed by atoms with Crippen molar-refractivity contribution in [2.24, 2.45) is 0 Å². The Balaban J connectivity index is 1.69. The molecule has 8 nitrogen and oxygen atoms in total. The highest BCUT2D eigenvalue weighted by Crippen LogP contribution is 2.30. The van der Waals surface area contributed by atoms with Crippen molar-refractivity contribution in [1.29, 1.82) is 0 Å². The molecule has 2 N–H and O–H groups in total. The number of amides is 1. The summed E-state index contributed by atoms with van der Waals surface area (Å²) in [7, 11) is -2.65. The van der Waals surface area contributed by atoms with Crippen LogP contribution in [-0.4, -0.2) is 39.5 Å². The van der Waals surface area contributed by atoms with Crippen molar-refractivity contribution in [3.63, 3.8) is 0 Å². The van der Waals surface area contributed by atoms with Crippen LogP contribution in [0.2, 0.25) is 5.02 Å². The van der Waals surface area contributed by atoms with Crippen LogP contribution in [0, 0.1) is 0 Å². The lowest BCUT2D eigenvalue weighted by molar-refractivity contribution is -0.130. The molecule has 0 aliphatic heterocycles. The minimum Gasteiger partial charge on any atom is -0.495 e. The first-order valence-electron chi connectivity index (χ1n) is 10.7.